The first-order valence-corrected chi connectivity index (χ1v) is 7.78. The van der Waals surface area contributed by atoms with Gasteiger partial charge < -0.3 is 10.0 Å². The first-order chi connectivity index (χ1) is 9.50. The number of hydrogen-bond donors (Lipinski definition) is 1. The molecule has 0 amide bonds. The van der Waals surface area contributed by atoms with Gasteiger partial charge in [0.05, 0.1) is 16.4 Å². The van der Waals surface area contributed by atoms with E-state index < -0.39 is 38.4 Å². The fraction of sp³-hybridized carbons (Fsp3) is 0.417. The Hall–Kier alpha value is -1.77. The van der Waals surface area contributed by atoms with E-state index in [1.54, 1.807) is 0 Å². The molecular weight excluding hydrogens is 311 g/mol. The zero-order chi connectivity index (χ0) is 16.0. The lowest BCUT2D eigenvalue weighted by atomic mass is 9.98. The topological polar surface area (TPSA) is 74.7 Å². The highest BCUT2D eigenvalue weighted by Crippen LogP contribution is 2.40. The molecule has 0 spiro atoms. The van der Waals surface area contributed by atoms with Crippen molar-refractivity contribution in [3.8, 4) is 0 Å². The molecule has 0 radical (unpaired) electrons. The Balaban J connectivity index is 2.41. The van der Waals surface area contributed by atoms with Gasteiger partial charge in [0.15, 0.2) is 9.84 Å². The third-order valence-corrected chi connectivity index (χ3v) is 4.38. The van der Waals surface area contributed by atoms with Gasteiger partial charge >= 0.3 is 12.1 Å². The highest BCUT2D eigenvalue weighted by Gasteiger charge is 2.40. The summed E-state index contributed by atoms with van der Waals surface area (Å²) in [4.78, 5) is 11.5. The normalized spacial score (nSPS) is 16.7. The number of rotatable bonds is 3. The average molecular weight is 323 g/mol. The van der Waals surface area contributed by atoms with Gasteiger partial charge in [-0.3, -0.25) is 4.79 Å². The summed E-state index contributed by atoms with van der Waals surface area (Å²) in [5.74, 6) is -1.77. The van der Waals surface area contributed by atoms with Crippen LogP contribution in [0.4, 0.5) is 18.9 Å². The van der Waals surface area contributed by atoms with E-state index in [0.717, 1.165) is 18.4 Å². The maximum Gasteiger partial charge on any atom is 0.418 e. The standard InChI is InChI=1S/C12H12F3NO4S/c1-21(19,20)8-2-3-10(9(4-8)12(13,14)15)16-5-7(6-16)11(17)18/h2-4,7H,5-6H2,1H3,(H,17,18). The number of anilines is 1. The van der Waals surface area contributed by atoms with Crippen LogP contribution in [0, 0.1) is 5.92 Å². The van der Waals surface area contributed by atoms with Gasteiger partial charge in [-0.1, -0.05) is 0 Å². The first kappa shape index (κ1) is 15.6. The van der Waals surface area contributed by atoms with Crippen LogP contribution >= 0.6 is 0 Å². The third kappa shape index (κ3) is 3.12. The summed E-state index contributed by atoms with van der Waals surface area (Å²) in [5.41, 5.74) is -1.28. The molecule has 0 aromatic heterocycles. The predicted molar refractivity (Wildman–Crippen MR) is 67.9 cm³/mol. The zero-order valence-corrected chi connectivity index (χ0v) is 11.7. The molecule has 0 aliphatic carbocycles. The number of halogens is 3. The number of aliphatic carboxylic acids is 1. The Morgan fingerprint density at radius 2 is 1.90 bits per heavy atom. The molecular formula is C12H12F3NO4S. The molecule has 0 saturated carbocycles. The molecule has 5 nitrogen and oxygen atoms in total. The molecule has 1 fully saturated rings. The van der Waals surface area contributed by atoms with Crippen molar-refractivity contribution in [2.24, 2.45) is 5.92 Å². The van der Waals surface area contributed by atoms with E-state index in [1.165, 1.54) is 4.90 Å². The zero-order valence-electron chi connectivity index (χ0n) is 10.9. The van der Waals surface area contributed by atoms with Gasteiger partial charge in [0.1, 0.15) is 0 Å². The second-order valence-electron chi connectivity index (χ2n) is 4.89. The summed E-state index contributed by atoms with van der Waals surface area (Å²) < 4.78 is 61.9. The summed E-state index contributed by atoms with van der Waals surface area (Å²) in [6.07, 6.45) is -3.89. The van der Waals surface area contributed by atoms with E-state index in [2.05, 4.69) is 0 Å². The lowest BCUT2D eigenvalue weighted by Gasteiger charge is -2.39. The van der Waals surface area contributed by atoms with Crippen LogP contribution in [0.15, 0.2) is 23.1 Å². The van der Waals surface area contributed by atoms with Crippen LogP contribution in [0.3, 0.4) is 0 Å². The molecule has 1 aromatic rings. The number of carboxylic acid groups (broad SMARTS) is 1. The number of carboxylic acids is 1. The fourth-order valence-corrected chi connectivity index (χ4v) is 2.73. The summed E-state index contributed by atoms with van der Waals surface area (Å²) in [7, 11) is -3.75. The molecule has 1 aliphatic heterocycles. The molecule has 1 N–H and O–H groups in total. The third-order valence-electron chi connectivity index (χ3n) is 3.27. The van der Waals surface area contributed by atoms with Crippen molar-refractivity contribution in [3.63, 3.8) is 0 Å². The lowest BCUT2D eigenvalue weighted by Crippen LogP contribution is -2.51. The largest absolute Gasteiger partial charge is 0.481 e. The first-order valence-electron chi connectivity index (χ1n) is 5.89. The van der Waals surface area contributed by atoms with E-state index in [-0.39, 0.29) is 18.8 Å². The SMILES string of the molecule is CS(=O)(=O)c1ccc(N2CC(C(=O)O)C2)c(C(F)(F)F)c1. The second-order valence-corrected chi connectivity index (χ2v) is 6.90. The summed E-state index contributed by atoms with van der Waals surface area (Å²) in [6, 6.07) is 2.74. The second kappa shape index (κ2) is 4.90. The molecule has 1 saturated heterocycles. The van der Waals surface area contributed by atoms with Crippen LogP contribution in [-0.2, 0) is 20.8 Å². The highest BCUT2D eigenvalue weighted by molar-refractivity contribution is 7.90. The highest BCUT2D eigenvalue weighted by atomic mass is 32.2. The Morgan fingerprint density at radius 3 is 2.33 bits per heavy atom. The Labute approximate surface area is 118 Å². The summed E-state index contributed by atoms with van der Waals surface area (Å²) >= 11 is 0. The molecule has 2 rings (SSSR count). The van der Waals surface area contributed by atoms with Crippen LogP contribution in [-0.4, -0.2) is 38.8 Å². The average Bonchev–Trinajstić information content (AvgIpc) is 2.23. The lowest BCUT2D eigenvalue weighted by molar-refractivity contribution is -0.142. The van der Waals surface area contributed by atoms with Crippen molar-refractivity contribution in [1.82, 2.24) is 0 Å². The minimum atomic E-state index is -4.72. The van der Waals surface area contributed by atoms with Crippen molar-refractivity contribution < 1.29 is 31.5 Å². The van der Waals surface area contributed by atoms with E-state index >= 15 is 0 Å². The van der Waals surface area contributed by atoms with Crippen molar-refractivity contribution in [2.75, 3.05) is 24.2 Å². The van der Waals surface area contributed by atoms with Crippen molar-refractivity contribution in [3.05, 3.63) is 23.8 Å². The molecule has 1 heterocycles. The number of hydrogen-bond acceptors (Lipinski definition) is 4. The minimum Gasteiger partial charge on any atom is -0.481 e. The van der Waals surface area contributed by atoms with Gasteiger partial charge in [-0.15, -0.1) is 0 Å². The van der Waals surface area contributed by atoms with Gasteiger partial charge in [-0.2, -0.15) is 13.2 Å². The van der Waals surface area contributed by atoms with Gasteiger partial charge in [0, 0.05) is 25.0 Å². The molecule has 0 bridgehead atoms. The van der Waals surface area contributed by atoms with Crippen molar-refractivity contribution >= 4 is 21.5 Å². The van der Waals surface area contributed by atoms with Crippen LogP contribution in [0.25, 0.3) is 0 Å². The molecule has 0 unspecified atom stereocenters. The molecule has 21 heavy (non-hydrogen) atoms. The molecule has 116 valence electrons. The van der Waals surface area contributed by atoms with Crippen molar-refractivity contribution in [1.29, 1.82) is 0 Å². The van der Waals surface area contributed by atoms with E-state index in [4.69, 9.17) is 5.11 Å². The molecule has 1 aromatic carbocycles. The maximum atomic E-state index is 13.1. The van der Waals surface area contributed by atoms with E-state index in [0.29, 0.717) is 6.07 Å². The van der Waals surface area contributed by atoms with E-state index in [1.807, 2.05) is 0 Å². The van der Waals surface area contributed by atoms with Gasteiger partial charge in [0.25, 0.3) is 0 Å². The number of sulfone groups is 1. The quantitative estimate of drug-likeness (QED) is 0.915. The Morgan fingerprint density at radius 1 is 1.33 bits per heavy atom. The van der Waals surface area contributed by atoms with Crippen LogP contribution in [0.2, 0.25) is 0 Å². The number of nitrogens with zero attached hydrogens (tertiary/aromatic N) is 1. The molecule has 9 heteroatoms. The predicted octanol–water partition coefficient (Wildman–Crippen LogP) is 1.63. The maximum absolute atomic E-state index is 13.1. The van der Waals surface area contributed by atoms with Gasteiger partial charge in [-0.25, -0.2) is 8.42 Å². The van der Waals surface area contributed by atoms with Gasteiger partial charge in [0.2, 0.25) is 0 Å². The number of carbonyl (C=O) groups is 1. The van der Waals surface area contributed by atoms with Crippen molar-refractivity contribution in [2.45, 2.75) is 11.1 Å². The number of benzene rings is 1. The van der Waals surface area contributed by atoms with Crippen LogP contribution < -0.4 is 4.90 Å². The van der Waals surface area contributed by atoms with E-state index in [9.17, 15) is 26.4 Å². The molecule has 1 aliphatic rings. The summed E-state index contributed by atoms with van der Waals surface area (Å²) in [6.45, 7) is -0.0622. The minimum absolute atomic E-state index is 0.0311. The number of alkyl halides is 3. The Kier molecular flexibility index (Phi) is 3.64. The molecule has 0 atom stereocenters. The van der Waals surface area contributed by atoms with Crippen LogP contribution in [0.5, 0.6) is 0 Å². The van der Waals surface area contributed by atoms with Crippen LogP contribution in [0.1, 0.15) is 5.56 Å². The Bertz CT molecular complexity index is 678. The fourth-order valence-electron chi connectivity index (χ4n) is 2.08. The van der Waals surface area contributed by atoms with Gasteiger partial charge in [-0.05, 0) is 18.2 Å². The summed E-state index contributed by atoms with van der Waals surface area (Å²) in [5, 5.41) is 8.75. The smallest absolute Gasteiger partial charge is 0.418 e. The monoisotopic (exact) mass is 323 g/mol.